The van der Waals surface area contributed by atoms with Crippen LogP contribution in [0.25, 0.3) is 0 Å². The highest BCUT2D eigenvalue weighted by Crippen LogP contribution is 2.31. The summed E-state index contributed by atoms with van der Waals surface area (Å²) in [5, 5.41) is 6.58. The zero-order valence-electron chi connectivity index (χ0n) is 7.96. The molecule has 1 atom stereocenters. The zero-order valence-corrected chi connectivity index (χ0v) is 8.78. The van der Waals surface area contributed by atoms with Crippen molar-refractivity contribution in [1.29, 1.82) is 0 Å². The van der Waals surface area contributed by atoms with Crippen LogP contribution in [0.3, 0.4) is 0 Å². The van der Waals surface area contributed by atoms with Gasteiger partial charge in [-0.05, 0) is 20.4 Å². The summed E-state index contributed by atoms with van der Waals surface area (Å²) >= 11 is 1.72. The highest BCUT2D eigenvalue weighted by atomic mass is 32.1. The predicted octanol–water partition coefficient (Wildman–Crippen LogP) is 1.29. The smallest absolute Gasteiger partial charge is 0.115 e. The van der Waals surface area contributed by atoms with E-state index in [1.165, 1.54) is 0 Å². The van der Waals surface area contributed by atoms with Crippen molar-refractivity contribution in [2.24, 2.45) is 0 Å². The summed E-state index contributed by atoms with van der Waals surface area (Å²) in [6.07, 6.45) is 1.02. The van der Waals surface area contributed by atoms with Crippen molar-refractivity contribution in [2.45, 2.75) is 18.9 Å². The molecule has 0 aromatic carbocycles. The Morgan fingerprint density at radius 1 is 1.69 bits per heavy atom. The molecule has 1 aromatic rings. The van der Waals surface area contributed by atoms with Crippen LogP contribution in [0.4, 0.5) is 0 Å². The Hall–Kier alpha value is -0.450. The maximum absolute atomic E-state index is 5.42. The van der Waals surface area contributed by atoms with E-state index < -0.39 is 0 Å². The van der Waals surface area contributed by atoms with Crippen molar-refractivity contribution in [2.75, 3.05) is 20.3 Å². The average Bonchev–Trinajstić information content (AvgIpc) is 2.73. The first-order chi connectivity index (χ1) is 6.27. The molecule has 13 heavy (non-hydrogen) atoms. The second kappa shape index (κ2) is 3.36. The molecule has 1 aliphatic heterocycles. The largest absolute Gasteiger partial charge is 0.379 e. The maximum Gasteiger partial charge on any atom is 0.115 e. The van der Waals surface area contributed by atoms with E-state index in [4.69, 9.17) is 4.74 Å². The molecule has 1 fully saturated rings. The first kappa shape index (κ1) is 9.12. The third-order valence-electron chi connectivity index (χ3n) is 2.53. The van der Waals surface area contributed by atoms with Gasteiger partial charge >= 0.3 is 0 Å². The van der Waals surface area contributed by atoms with Crippen LogP contribution >= 0.6 is 11.3 Å². The number of aryl methyl sites for hydroxylation is 1. The van der Waals surface area contributed by atoms with E-state index in [0.29, 0.717) is 0 Å². The number of rotatable bonds is 2. The quantitative estimate of drug-likeness (QED) is 0.777. The molecule has 1 N–H and O–H groups in total. The van der Waals surface area contributed by atoms with Crippen LogP contribution in [0.5, 0.6) is 0 Å². The second-order valence-electron chi connectivity index (χ2n) is 3.43. The lowest BCUT2D eigenvalue weighted by atomic mass is 10.0. The Bertz CT molecular complexity index is 292. The van der Waals surface area contributed by atoms with Gasteiger partial charge in [-0.25, -0.2) is 4.98 Å². The topological polar surface area (TPSA) is 34.2 Å². The third-order valence-corrected chi connectivity index (χ3v) is 3.69. The minimum Gasteiger partial charge on any atom is -0.379 e. The molecule has 0 amide bonds. The lowest BCUT2D eigenvalue weighted by Gasteiger charge is -2.23. The van der Waals surface area contributed by atoms with Crippen molar-refractivity contribution in [3.05, 3.63) is 16.1 Å². The summed E-state index contributed by atoms with van der Waals surface area (Å²) in [4.78, 5) is 4.51. The number of nitrogens with one attached hydrogen (secondary N) is 1. The summed E-state index contributed by atoms with van der Waals surface area (Å²) in [6.45, 7) is 3.61. The number of likely N-dealkylation sites (N-methyl/N-ethyl adjacent to an activating group) is 1. The van der Waals surface area contributed by atoms with E-state index in [0.717, 1.165) is 30.3 Å². The molecule has 1 aromatic heterocycles. The molecule has 0 spiro atoms. The van der Waals surface area contributed by atoms with Gasteiger partial charge in [-0.3, -0.25) is 0 Å². The zero-order chi connectivity index (χ0) is 9.31. The minimum atomic E-state index is -0.0150. The average molecular weight is 198 g/mol. The van der Waals surface area contributed by atoms with Gasteiger partial charge in [0.05, 0.1) is 12.1 Å². The van der Waals surface area contributed by atoms with Gasteiger partial charge in [-0.2, -0.15) is 0 Å². The molecule has 4 heteroatoms. The summed E-state index contributed by atoms with van der Waals surface area (Å²) < 4.78 is 5.42. The number of nitrogens with zero attached hydrogens (tertiary/aromatic N) is 1. The summed E-state index contributed by atoms with van der Waals surface area (Å²) in [6, 6.07) is 0. The minimum absolute atomic E-state index is 0.0150. The van der Waals surface area contributed by atoms with E-state index in [-0.39, 0.29) is 5.54 Å². The highest BCUT2D eigenvalue weighted by Gasteiger charge is 2.37. The van der Waals surface area contributed by atoms with Gasteiger partial charge in [0, 0.05) is 17.7 Å². The standard InChI is InChI=1S/C9H14N2OS/c1-7-5-13-8(11-7)9(10-2)3-4-12-6-9/h5,10H,3-4,6H2,1-2H3. The molecule has 1 unspecified atom stereocenters. The molecule has 0 bridgehead atoms. The van der Waals surface area contributed by atoms with Gasteiger partial charge in [0.1, 0.15) is 5.01 Å². The highest BCUT2D eigenvalue weighted by molar-refractivity contribution is 7.09. The molecule has 0 saturated carbocycles. The van der Waals surface area contributed by atoms with Gasteiger partial charge in [0.15, 0.2) is 0 Å². The van der Waals surface area contributed by atoms with E-state index in [2.05, 4.69) is 15.7 Å². The Morgan fingerprint density at radius 2 is 2.54 bits per heavy atom. The number of hydrogen-bond donors (Lipinski definition) is 1. The molecule has 0 radical (unpaired) electrons. The molecule has 0 aliphatic carbocycles. The summed E-state index contributed by atoms with van der Waals surface area (Å²) in [7, 11) is 1.98. The Balaban J connectivity index is 2.30. The van der Waals surface area contributed by atoms with Crippen LogP contribution in [-0.4, -0.2) is 25.2 Å². The van der Waals surface area contributed by atoms with Crippen molar-refractivity contribution in [1.82, 2.24) is 10.3 Å². The normalized spacial score (nSPS) is 28.2. The molecular weight excluding hydrogens is 184 g/mol. The van der Waals surface area contributed by atoms with E-state index in [9.17, 15) is 0 Å². The number of hydrogen-bond acceptors (Lipinski definition) is 4. The van der Waals surface area contributed by atoms with Crippen LogP contribution in [0.2, 0.25) is 0 Å². The van der Waals surface area contributed by atoms with Crippen LogP contribution in [-0.2, 0) is 10.3 Å². The summed E-state index contributed by atoms with van der Waals surface area (Å²) in [5.41, 5.74) is 1.08. The summed E-state index contributed by atoms with van der Waals surface area (Å²) in [5.74, 6) is 0. The van der Waals surface area contributed by atoms with Crippen molar-refractivity contribution in [3.8, 4) is 0 Å². The Morgan fingerprint density at radius 3 is 3.00 bits per heavy atom. The van der Waals surface area contributed by atoms with Crippen LogP contribution in [0.1, 0.15) is 17.1 Å². The fourth-order valence-electron chi connectivity index (χ4n) is 1.61. The molecular formula is C9H14N2OS. The second-order valence-corrected chi connectivity index (χ2v) is 4.29. The number of ether oxygens (including phenoxy) is 1. The molecule has 3 nitrogen and oxygen atoms in total. The van der Waals surface area contributed by atoms with Gasteiger partial charge in [-0.15, -0.1) is 11.3 Å². The van der Waals surface area contributed by atoms with Crippen molar-refractivity contribution < 1.29 is 4.74 Å². The molecule has 2 rings (SSSR count). The van der Waals surface area contributed by atoms with Crippen molar-refractivity contribution >= 4 is 11.3 Å². The van der Waals surface area contributed by atoms with E-state index in [1.807, 2.05) is 14.0 Å². The predicted molar refractivity (Wildman–Crippen MR) is 53.0 cm³/mol. The number of thiazole rings is 1. The molecule has 1 saturated heterocycles. The lowest BCUT2D eigenvalue weighted by Crippen LogP contribution is -2.40. The van der Waals surface area contributed by atoms with Crippen LogP contribution in [0, 0.1) is 6.92 Å². The first-order valence-electron chi connectivity index (χ1n) is 4.46. The Labute approximate surface area is 82.1 Å². The van der Waals surface area contributed by atoms with E-state index in [1.54, 1.807) is 11.3 Å². The van der Waals surface area contributed by atoms with Gasteiger partial charge in [0.25, 0.3) is 0 Å². The Kier molecular flexibility index (Phi) is 2.36. The molecule has 72 valence electrons. The van der Waals surface area contributed by atoms with Crippen molar-refractivity contribution in [3.63, 3.8) is 0 Å². The lowest BCUT2D eigenvalue weighted by molar-refractivity contribution is 0.169. The van der Waals surface area contributed by atoms with Crippen LogP contribution in [0.15, 0.2) is 5.38 Å². The third kappa shape index (κ3) is 1.49. The monoisotopic (exact) mass is 198 g/mol. The molecule has 1 aliphatic rings. The fourth-order valence-corrected chi connectivity index (χ4v) is 2.63. The fraction of sp³-hybridized carbons (Fsp3) is 0.667. The van der Waals surface area contributed by atoms with Gasteiger partial charge in [-0.1, -0.05) is 0 Å². The molecule has 2 heterocycles. The van der Waals surface area contributed by atoms with Crippen LogP contribution < -0.4 is 5.32 Å². The van der Waals surface area contributed by atoms with Gasteiger partial charge in [0.2, 0.25) is 0 Å². The van der Waals surface area contributed by atoms with E-state index >= 15 is 0 Å². The first-order valence-corrected chi connectivity index (χ1v) is 5.34. The SMILES string of the molecule is CNC1(c2nc(C)cs2)CCOC1. The maximum atomic E-state index is 5.42. The number of aromatic nitrogens is 1. The van der Waals surface area contributed by atoms with Gasteiger partial charge < -0.3 is 10.1 Å².